The largest absolute Gasteiger partial charge is 0.496 e. The highest BCUT2D eigenvalue weighted by Crippen LogP contribution is 2.34. The molecule has 0 bridgehead atoms. The molecule has 21 heavy (non-hydrogen) atoms. The third kappa shape index (κ3) is 3.66. The molecule has 0 fully saturated rings. The molecule has 3 heteroatoms. The van der Waals surface area contributed by atoms with E-state index in [0.29, 0.717) is 0 Å². The highest BCUT2D eigenvalue weighted by molar-refractivity contribution is 9.10. The van der Waals surface area contributed by atoms with Crippen LogP contribution >= 0.6 is 15.9 Å². The van der Waals surface area contributed by atoms with Crippen LogP contribution in [-0.4, -0.2) is 13.7 Å². The first-order chi connectivity index (χ1) is 10.1. The van der Waals surface area contributed by atoms with Crippen LogP contribution in [0.4, 0.5) is 0 Å². The van der Waals surface area contributed by atoms with E-state index < -0.39 is 0 Å². The van der Waals surface area contributed by atoms with Crippen LogP contribution in [0.5, 0.6) is 5.75 Å². The third-order valence-corrected chi connectivity index (χ3v) is 4.09. The molecule has 0 saturated carbocycles. The first kappa shape index (κ1) is 16.1. The van der Waals surface area contributed by atoms with Crippen LogP contribution < -0.4 is 10.1 Å². The van der Waals surface area contributed by atoms with Crippen LogP contribution in [0.2, 0.25) is 0 Å². The number of hydrogen-bond acceptors (Lipinski definition) is 2. The minimum Gasteiger partial charge on any atom is -0.496 e. The summed E-state index contributed by atoms with van der Waals surface area (Å²) in [6.07, 6.45) is 0. The Bertz CT molecular complexity index is 625. The van der Waals surface area contributed by atoms with Gasteiger partial charge in [-0.2, -0.15) is 0 Å². The van der Waals surface area contributed by atoms with Crippen LogP contribution in [0, 0.1) is 13.8 Å². The van der Waals surface area contributed by atoms with Gasteiger partial charge in [-0.3, -0.25) is 0 Å². The molecule has 0 spiro atoms. The SMILES string of the molecule is CCNC(c1cccc(Br)c1)c1c(C)cc(C)cc1OC. The maximum Gasteiger partial charge on any atom is 0.124 e. The van der Waals surface area contributed by atoms with Gasteiger partial charge in [0.15, 0.2) is 0 Å². The van der Waals surface area contributed by atoms with Crippen LogP contribution in [0.25, 0.3) is 0 Å². The molecular weight excluding hydrogens is 326 g/mol. The second kappa shape index (κ2) is 7.10. The Kier molecular flexibility index (Phi) is 5.43. The molecule has 112 valence electrons. The lowest BCUT2D eigenvalue weighted by Gasteiger charge is -2.24. The average Bonchev–Trinajstić information content (AvgIpc) is 2.44. The molecule has 2 nitrogen and oxygen atoms in total. The second-order valence-electron chi connectivity index (χ2n) is 5.24. The molecule has 0 aliphatic rings. The van der Waals surface area contributed by atoms with Gasteiger partial charge in [0.25, 0.3) is 0 Å². The summed E-state index contributed by atoms with van der Waals surface area (Å²) < 4.78 is 6.72. The standard InChI is InChI=1S/C18H22BrNO/c1-5-20-18(14-7-6-8-15(19)11-14)17-13(3)9-12(2)10-16(17)21-4/h6-11,18,20H,5H2,1-4H3. The number of ether oxygens (including phenoxy) is 1. The molecule has 0 amide bonds. The molecule has 0 heterocycles. The number of rotatable bonds is 5. The van der Waals surface area contributed by atoms with E-state index in [0.717, 1.165) is 16.8 Å². The minimum absolute atomic E-state index is 0.128. The van der Waals surface area contributed by atoms with Crippen molar-refractivity contribution in [1.82, 2.24) is 5.32 Å². The highest BCUT2D eigenvalue weighted by atomic mass is 79.9. The van der Waals surface area contributed by atoms with Gasteiger partial charge in [0.2, 0.25) is 0 Å². The number of benzene rings is 2. The molecule has 2 aromatic carbocycles. The second-order valence-corrected chi connectivity index (χ2v) is 6.16. The Labute approximate surface area is 135 Å². The van der Waals surface area contributed by atoms with Crippen molar-refractivity contribution in [1.29, 1.82) is 0 Å². The zero-order chi connectivity index (χ0) is 15.4. The van der Waals surface area contributed by atoms with Gasteiger partial charge in [0.1, 0.15) is 5.75 Å². The first-order valence-electron chi connectivity index (χ1n) is 7.20. The summed E-state index contributed by atoms with van der Waals surface area (Å²) in [5.74, 6) is 0.943. The first-order valence-corrected chi connectivity index (χ1v) is 8.00. The molecule has 0 aliphatic carbocycles. The van der Waals surface area contributed by atoms with Gasteiger partial charge in [0.05, 0.1) is 13.2 Å². The maximum absolute atomic E-state index is 5.63. The fourth-order valence-electron chi connectivity index (χ4n) is 2.76. The lowest BCUT2D eigenvalue weighted by atomic mass is 9.92. The van der Waals surface area contributed by atoms with Crippen molar-refractivity contribution in [2.45, 2.75) is 26.8 Å². The quantitative estimate of drug-likeness (QED) is 0.840. The zero-order valence-corrected chi connectivity index (χ0v) is 14.6. The summed E-state index contributed by atoms with van der Waals surface area (Å²) in [7, 11) is 1.74. The summed E-state index contributed by atoms with van der Waals surface area (Å²) in [5.41, 5.74) is 4.91. The van der Waals surface area contributed by atoms with Crippen molar-refractivity contribution < 1.29 is 4.74 Å². The van der Waals surface area contributed by atoms with Gasteiger partial charge in [-0.15, -0.1) is 0 Å². The van der Waals surface area contributed by atoms with Gasteiger partial charge >= 0.3 is 0 Å². The van der Waals surface area contributed by atoms with E-state index in [1.807, 2.05) is 6.07 Å². The van der Waals surface area contributed by atoms with E-state index in [2.05, 4.69) is 72.3 Å². The van der Waals surface area contributed by atoms with E-state index >= 15 is 0 Å². The normalized spacial score (nSPS) is 12.2. The van der Waals surface area contributed by atoms with Crippen molar-refractivity contribution in [3.63, 3.8) is 0 Å². The Morgan fingerprint density at radius 3 is 2.57 bits per heavy atom. The molecule has 0 radical (unpaired) electrons. The molecule has 1 atom stereocenters. The van der Waals surface area contributed by atoms with Crippen molar-refractivity contribution in [2.24, 2.45) is 0 Å². The van der Waals surface area contributed by atoms with Gasteiger partial charge < -0.3 is 10.1 Å². The van der Waals surface area contributed by atoms with E-state index in [-0.39, 0.29) is 6.04 Å². The predicted octanol–water partition coefficient (Wildman–Crippen LogP) is 4.77. The lowest BCUT2D eigenvalue weighted by molar-refractivity contribution is 0.403. The van der Waals surface area contributed by atoms with E-state index in [9.17, 15) is 0 Å². The lowest BCUT2D eigenvalue weighted by Crippen LogP contribution is -2.23. The van der Waals surface area contributed by atoms with Gasteiger partial charge in [-0.25, -0.2) is 0 Å². The fourth-order valence-corrected chi connectivity index (χ4v) is 3.17. The number of aryl methyl sites for hydroxylation is 2. The Hall–Kier alpha value is -1.32. The average molecular weight is 348 g/mol. The van der Waals surface area contributed by atoms with Crippen molar-refractivity contribution in [2.75, 3.05) is 13.7 Å². The van der Waals surface area contributed by atoms with Crippen molar-refractivity contribution >= 4 is 15.9 Å². The third-order valence-electron chi connectivity index (χ3n) is 3.59. The van der Waals surface area contributed by atoms with Gasteiger partial charge in [-0.1, -0.05) is 41.1 Å². The molecule has 2 rings (SSSR count). The monoisotopic (exact) mass is 347 g/mol. The molecule has 0 saturated heterocycles. The highest BCUT2D eigenvalue weighted by Gasteiger charge is 2.20. The number of hydrogen-bond donors (Lipinski definition) is 1. The van der Waals surface area contributed by atoms with Crippen LogP contribution in [0.3, 0.4) is 0 Å². The fraction of sp³-hybridized carbons (Fsp3) is 0.333. The molecule has 1 N–H and O–H groups in total. The number of halogens is 1. The zero-order valence-electron chi connectivity index (χ0n) is 13.0. The summed E-state index contributed by atoms with van der Waals surface area (Å²) in [4.78, 5) is 0. The Morgan fingerprint density at radius 1 is 1.19 bits per heavy atom. The molecule has 2 aromatic rings. The van der Waals surface area contributed by atoms with E-state index in [4.69, 9.17) is 4.74 Å². The van der Waals surface area contributed by atoms with Crippen LogP contribution in [0.15, 0.2) is 40.9 Å². The van der Waals surface area contributed by atoms with Crippen LogP contribution in [-0.2, 0) is 0 Å². The minimum atomic E-state index is 0.128. The Balaban J connectivity index is 2.58. The summed E-state index contributed by atoms with van der Waals surface area (Å²) in [6.45, 7) is 7.27. The van der Waals surface area contributed by atoms with Gasteiger partial charge in [0, 0.05) is 10.0 Å². The summed E-state index contributed by atoms with van der Waals surface area (Å²) in [6, 6.07) is 12.9. The van der Waals surface area contributed by atoms with E-state index in [1.165, 1.54) is 22.3 Å². The topological polar surface area (TPSA) is 21.3 Å². The number of nitrogens with one attached hydrogen (secondary N) is 1. The van der Waals surface area contributed by atoms with Crippen LogP contribution in [0.1, 0.15) is 35.2 Å². The van der Waals surface area contributed by atoms with Crippen molar-refractivity contribution in [3.05, 3.63) is 63.1 Å². The van der Waals surface area contributed by atoms with Gasteiger partial charge in [-0.05, 0) is 55.3 Å². The number of methoxy groups -OCH3 is 1. The molecule has 0 aliphatic heterocycles. The Morgan fingerprint density at radius 2 is 1.95 bits per heavy atom. The van der Waals surface area contributed by atoms with E-state index in [1.54, 1.807) is 7.11 Å². The predicted molar refractivity (Wildman–Crippen MR) is 92.1 cm³/mol. The van der Waals surface area contributed by atoms with Crippen molar-refractivity contribution in [3.8, 4) is 5.75 Å². The molecule has 0 aromatic heterocycles. The maximum atomic E-state index is 5.63. The summed E-state index contributed by atoms with van der Waals surface area (Å²) in [5, 5.41) is 3.58. The molecular formula is C18H22BrNO. The molecule has 1 unspecified atom stereocenters. The summed E-state index contributed by atoms with van der Waals surface area (Å²) >= 11 is 3.56. The smallest absolute Gasteiger partial charge is 0.124 e.